The molecule has 1 N–H and O–H groups in total. The first-order valence-electron chi connectivity index (χ1n) is 5.84. The second kappa shape index (κ2) is 4.82. The zero-order valence-electron chi connectivity index (χ0n) is 10.4. The molecule has 1 aliphatic carbocycles. The molecule has 0 spiro atoms. The van der Waals surface area contributed by atoms with Gasteiger partial charge in [0.1, 0.15) is 11.1 Å². The molecule has 0 bridgehead atoms. The molecule has 2 rings (SSSR count). The van der Waals surface area contributed by atoms with E-state index in [2.05, 4.69) is 24.1 Å². The van der Waals surface area contributed by atoms with Crippen molar-refractivity contribution in [2.75, 3.05) is 14.2 Å². The van der Waals surface area contributed by atoms with Gasteiger partial charge in [-0.1, -0.05) is 0 Å². The Hall–Kier alpha value is -0.450. The van der Waals surface area contributed by atoms with Gasteiger partial charge in [-0.05, 0) is 39.7 Å². The lowest BCUT2D eigenvalue weighted by atomic mass is 10.2. The number of ether oxygens (including phenoxy) is 1. The van der Waals surface area contributed by atoms with E-state index in [1.54, 1.807) is 18.4 Å². The van der Waals surface area contributed by atoms with E-state index in [4.69, 9.17) is 4.74 Å². The SMILES string of the molecule is CNC(C)c1sc(C(OC)C2CC2)nc1C. The summed E-state index contributed by atoms with van der Waals surface area (Å²) in [5.41, 5.74) is 1.14. The van der Waals surface area contributed by atoms with Crippen LogP contribution in [0.25, 0.3) is 0 Å². The Labute approximate surface area is 101 Å². The fraction of sp³-hybridized carbons (Fsp3) is 0.750. The van der Waals surface area contributed by atoms with Gasteiger partial charge in [-0.25, -0.2) is 4.98 Å². The number of methoxy groups -OCH3 is 1. The van der Waals surface area contributed by atoms with Crippen molar-refractivity contribution in [3.63, 3.8) is 0 Å². The molecule has 0 saturated heterocycles. The Morgan fingerprint density at radius 3 is 2.69 bits per heavy atom. The van der Waals surface area contributed by atoms with Crippen LogP contribution in [-0.2, 0) is 4.74 Å². The van der Waals surface area contributed by atoms with Gasteiger partial charge in [0.05, 0.1) is 5.69 Å². The predicted molar refractivity (Wildman–Crippen MR) is 66.8 cm³/mol. The number of rotatable bonds is 5. The number of nitrogens with one attached hydrogen (secondary N) is 1. The van der Waals surface area contributed by atoms with Crippen LogP contribution in [-0.4, -0.2) is 19.1 Å². The van der Waals surface area contributed by atoms with Crippen LogP contribution < -0.4 is 5.32 Å². The Kier molecular flexibility index (Phi) is 3.62. The lowest BCUT2D eigenvalue weighted by Crippen LogP contribution is -2.11. The molecule has 3 nitrogen and oxygen atoms in total. The third kappa shape index (κ3) is 2.29. The van der Waals surface area contributed by atoms with E-state index in [9.17, 15) is 0 Å². The number of aromatic nitrogens is 1. The summed E-state index contributed by atoms with van der Waals surface area (Å²) in [6, 6.07) is 0.378. The summed E-state index contributed by atoms with van der Waals surface area (Å²) in [5.74, 6) is 0.702. The van der Waals surface area contributed by atoms with E-state index >= 15 is 0 Å². The number of nitrogens with zero attached hydrogens (tertiary/aromatic N) is 1. The first kappa shape index (κ1) is 12.0. The van der Waals surface area contributed by atoms with Crippen molar-refractivity contribution in [2.24, 2.45) is 5.92 Å². The lowest BCUT2D eigenvalue weighted by molar-refractivity contribution is 0.0843. The molecule has 1 aliphatic rings. The maximum atomic E-state index is 5.57. The molecule has 4 heteroatoms. The molecule has 2 unspecified atom stereocenters. The fourth-order valence-electron chi connectivity index (χ4n) is 1.98. The molecule has 0 amide bonds. The van der Waals surface area contributed by atoms with Gasteiger partial charge in [-0.3, -0.25) is 0 Å². The van der Waals surface area contributed by atoms with E-state index in [1.165, 1.54) is 17.7 Å². The number of hydrogen-bond acceptors (Lipinski definition) is 4. The van der Waals surface area contributed by atoms with Gasteiger partial charge >= 0.3 is 0 Å². The van der Waals surface area contributed by atoms with Crippen molar-refractivity contribution in [1.29, 1.82) is 0 Å². The zero-order valence-corrected chi connectivity index (χ0v) is 11.2. The van der Waals surface area contributed by atoms with Crippen molar-refractivity contribution in [3.05, 3.63) is 15.6 Å². The fourth-order valence-corrected chi connectivity index (χ4v) is 3.28. The highest BCUT2D eigenvalue weighted by molar-refractivity contribution is 7.11. The van der Waals surface area contributed by atoms with Crippen LogP contribution in [0.1, 0.15) is 47.5 Å². The van der Waals surface area contributed by atoms with Crippen LogP contribution in [0.4, 0.5) is 0 Å². The topological polar surface area (TPSA) is 34.1 Å². The average molecular weight is 240 g/mol. The highest BCUT2D eigenvalue weighted by Crippen LogP contribution is 2.44. The van der Waals surface area contributed by atoms with E-state index in [0.717, 1.165) is 10.7 Å². The molecule has 1 aromatic rings. The molecule has 16 heavy (non-hydrogen) atoms. The summed E-state index contributed by atoms with van der Waals surface area (Å²) in [5, 5.41) is 4.42. The van der Waals surface area contributed by atoms with Crippen molar-refractivity contribution in [3.8, 4) is 0 Å². The highest BCUT2D eigenvalue weighted by Gasteiger charge is 2.35. The summed E-state index contributed by atoms with van der Waals surface area (Å²) < 4.78 is 5.57. The molecule has 0 aromatic carbocycles. The Bertz CT molecular complexity index is 360. The molecule has 90 valence electrons. The van der Waals surface area contributed by atoms with Gasteiger partial charge in [-0.15, -0.1) is 11.3 Å². The minimum atomic E-state index is 0.224. The molecule has 1 fully saturated rings. The second-order valence-corrected chi connectivity index (χ2v) is 5.57. The van der Waals surface area contributed by atoms with Gasteiger partial charge in [0.15, 0.2) is 0 Å². The molecular weight excluding hydrogens is 220 g/mol. The first-order chi connectivity index (χ1) is 7.67. The quantitative estimate of drug-likeness (QED) is 0.859. The van der Waals surface area contributed by atoms with E-state index in [0.29, 0.717) is 12.0 Å². The minimum Gasteiger partial charge on any atom is -0.374 e. The van der Waals surface area contributed by atoms with E-state index in [-0.39, 0.29) is 6.10 Å². The highest BCUT2D eigenvalue weighted by atomic mass is 32.1. The Balaban J connectivity index is 2.21. The summed E-state index contributed by atoms with van der Waals surface area (Å²) in [6.07, 6.45) is 2.80. The normalized spacial score (nSPS) is 19.8. The zero-order chi connectivity index (χ0) is 11.7. The Morgan fingerprint density at radius 2 is 2.19 bits per heavy atom. The van der Waals surface area contributed by atoms with Crippen LogP contribution in [0.5, 0.6) is 0 Å². The van der Waals surface area contributed by atoms with E-state index < -0.39 is 0 Å². The van der Waals surface area contributed by atoms with E-state index in [1.807, 2.05) is 7.05 Å². The predicted octanol–water partition coefficient (Wildman–Crippen LogP) is 2.83. The number of thiazole rings is 1. The summed E-state index contributed by atoms with van der Waals surface area (Å²) in [7, 11) is 3.78. The minimum absolute atomic E-state index is 0.224. The van der Waals surface area contributed by atoms with Crippen LogP contribution in [0.2, 0.25) is 0 Å². The molecule has 1 saturated carbocycles. The largest absolute Gasteiger partial charge is 0.374 e. The molecule has 0 aliphatic heterocycles. The van der Waals surface area contributed by atoms with Crippen molar-refractivity contribution in [2.45, 2.75) is 38.8 Å². The summed E-state index contributed by atoms with van der Waals surface area (Å²) >= 11 is 1.79. The summed E-state index contributed by atoms with van der Waals surface area (Å²) in [6.45, 7) is 4.26. The molecule has 0 radical (unpaired) electrons. The first-order valence-corrected chi connectivity index (χ1v) is 6.66. The number of aryl methyl sites for hydroxylation is 1. The van der Waals surface area contributed by atoms with Gasteiger partial charge < -0.3 is 10.1 Å². The molecule has 2 atom stereocenters. The van der Waals surface area contributed by atoms with Gasteiger partial charge in [0, 0.05) is 18.0 Å². The van der Waals surface area contributed by atoms with Gasteiger partial charge in [0.2, 0.25) is 0 Å². The Morgan fingerprint density at radius 1 is 1.50 bits per heavy atom. The third-order valence-corrected chi connectivity index (χ3v) is 4.62. The maximum absolute atomic E-state index is 5.57. The van der Waals surface area contributed by atoms with Gasteiger partial charge in [0.25, 0.3) is 0 Å². The smallest absolute Gasteiger partial charge is 0.122 e. The van der Waals surface area contributed by atoms with Crippen LogP contribution in [0, 0.1) is 12.8 Å². The van der Waals surface area contributed by atoms with Crippen LogP contribution in [0.15, 0.2) is 0 Å². The summed E-state index contributed by atoms with van der Waals surface area (Å²) in [4.78, 5) is 6.00. The second-order valence-electron chi connectivity index (χ2n) is 4.51. The molecule has 1 heterocycles. The standard InChI is InChI=1S/C12H20N2OS/c1-7(13-3)11-8(2)14-12(16-11)10(15-4)9-5-6-9/h7,9-10,13H,5-6H2,1-4H3. The van der Waals surface area contributed by atoms with Crippen LogP contribution in [0.3, 0.4) is 0 Å². The van der Waals surface area contributed by atoms with Crippen molar-refractivity contribution < 1.29 is 4.74 Å². The molecule has 1 aromatic heterocycles. The van der Waals surface area contributed by atoms with Crippen LogP contribution >= 0.6 is 11.3 Å². The van der Waals surface area contributed by atoms with Gasteiger partial charge in [-0.2, -0.15) is 0 Å². The van der Waals surface area contributed by atoms with Crippen molar-refractivity contribution in [1.82, 2.24) is 10.3 Å². The number of hydrogen-bond donors (Lipinski definition) is 1. The maximum Gasteiger partial charge on any atom is 0.122 e. The molecular formula is C12H20N2OS. The average Bonchev–Trinajstić information content (AvgIpc) is 3.03. The third-order valence-electron chi connectivity index (χ3n) is 3.22. The monoisotopic (exact) mass is 240 g/mol. The van der Waals surface area contributed by atoms with Crippen molar-refractivity contribution >= 4 is 11.3 Å². The lowest BCUT2D eigenvalue weighted by Gasteiger charge is -2.10.